The van der Waals surface area contributed by atoms with Crippen LogP contribution in [-0.4, -0.2) is 43.3 Å². The summed E-state index contributed by atoms with van der Waals surface area (Å²) in [4.78, 5) is 11.0. The zero-order valence-corrected chi connectivity index (χ0v) is 12.6. The summed E-state index contributed by atoms with van der Waals surface area (Å²) in [7, 11) is 1.45. The van der Waals surface area contributed by atoms with Crippen LogP contribution in [0.15, 0.2) is 30.6 Å². The van der Waals surface area contributed by atoms with Crippen molar-refractivity contribution in [2.24, 2.45) is 0 Å². The number of rotatable bonds is 3. The summed E-state index contributed by atoms with van der Waals surface area (Å²) in [5, 5.41) is 3.35. The minimum absolute atomic E-state index is 0.235. The minimum atomic E-state index is -0.386. The summed E-state index contributed by atoms with van der Waals surface area (Å²) in [5.74, 6) is 0.572. The van der Waals surface area contributed by atoms with Gasteiger partial charge in [-0.2, -0.15) is 0 Å². The van der Waals surface area contributed by atoms with E-state index in [4.69, 9.17) is 4.74 Å². The Balaban J connectivity index is 1.80. The molecule has 0 unspecified atom stereocenters. The van der Waals surface area contributed by atoms with Gasteiger partial charge in [0.2, 0.25) is 5.95 Å². The zero-order valence-electron chi connectivity index (χ0n) is 12.6. The van der Waals surface area contributed by atoms with Gasteiger partial charge in [0.25, 0.3) is 0 Å². The molecule has 0 bridgehead atoms. The Morgan fingerprint density at radius 2 is 1.95 bits per heavy atom. The Bertz CT molecular complexity index is 625. The largest absolute Gasteiger partial charge is 0.494 e. The molecule has 0 saturated carbocycles. The molecule has 2 aromatic rings. The van der Waals surface area contributed by atoms with Crippen molar-refractivity contribution in [1.29, 1.82) is 0 Å². The fourth-order valence-corrected chi connectivity index (χ4v) is 2.53. The topological polar surface area (TPSA) is 50.3 Å². The number of aromatic nitrogens is 2. The molecule has 22 heavy (non-hydrogen) atoms. The van der Waals surface area contributed by atoms with Crippen LogP contribution in [0.4, 0.5) is 10.3 Å². The fourth-order valence-electron chi connectivity index (χ4n) is 2.53. The Hall–Kier alpha value is -2.21. The van der Waals surface area contributed by atoms with Gasteiger partial charge in [0.05, 0.1) is 7.11 Å². The number of benzene rings is 1. The van der Waals surface area contributed by atoms with Gasteiger partial charge >= 0.3 is 0 Å². The van der Waals surface area contributed by atoms with Crippen LogP contribution in [0.5, 0.6) is 5.75 Å². The van der Waals surface area contributed by atoms with Gasteiger partial charge in [-0.05, 0) is 30.7 Å². The molecule has 6 heteroatoms. The molecule has 1 N–H and O–H groups in total. The number of ether oxygens (including phenoxy) is 1. The SMILES string of the molecule is COc1ccc(-c2cnc(N3CCCNCC3)nc2)cc1F. The van der Waals surface area contributed by atoms with Gasteiger partial charge in [0, 0.05) is 37.6 Å². The number of nitrogens with one attached hydrogen (secondary N) is 1. The normalized spacial score (nSPS) is 15.5. The lowest BCUT2D eigenvalue weighted by Gasteiger charge is -2.19. The van der Waals surface area contributed by atoms with E-state index in [1.807, 2.05) is 0 Å². The van der Waals surface area contributed by atoms with E-state index in [-0.39, 0.29) is 11.6 Å². The fraction of sp³-hybridized carbons (Fsp3) is 0.375. The first-order chi connectivity index (χ1) is 10.8. The molecule has 1 aliphatic rings. The summed E-state index contributed by atoms with van der Waals surface area (Å²) in [6.07, 6.45) is 4.55. The van der Waals surface area contributed by atoms with E-state index in [0.717, 1.165) is 49.7 Å². The Kier molecular flexibility index (Phi) is 4.48. The molecule has 0 radical (unpaired) electrons. The first kappa shape index (κ1) is 14.7. The van der Waals surface area contributed by atoms with E-state index in [1.54, 1.807) is 24.5 Å². The lowest BCUT2D eigenvalue weighted by molar-refractivity contribution is 0.386. The third kappa shape index (κ3) is 3.17. The summed E-state index contributed by atoms with van der Waals surface area (Å²) < 4.78 is 18.7. The van der Waals surface area contributed by atoms with Gasteiger partial charge in [-0.1, -0.05) is 6.07 Å². The maximum Gasteiger partial charge on any atom is 0.225 e. The quantitative estimate of drug-likeness (QED) is 0.941. The second-order valence-corrected chi connectivity index (χ2v) is 5.21. The highest BCUT2D eigenvalue weighted by atomic mass is 19.1. The van der Waals surface area contributed by atoms with Crippen molar-refractivity contribution in [3.63, 3.8) is 0 Å². The van der Waals surface area contributed by atoms with Gasteiger partial charge in [-0.25, -0.2) is 14.4 Å². The van der Waals surface area contributed by atoms with Crippen LogP contribution in [0.1, 0.15) is 6.42 Å². The summed E-state index contributed by atoms with van der Waals surface area (Å²) >= 11 is 0. The molecule has 1 aliphatic heterocycles. The molecule has 1 aromatic carbocycles. The molecule has 0 amide bonds. The molecule has 0 atom stereocenters. The van der Waals surface area contributed by atoms with Crippen molar-refractivity contribution in [1.82, 2.24) is 15.3 Å². The van der Waals surface area contributed by atoms with E-state index in [2.05, 4.69) is 20.2 Å². The maximum atomic E-state index is 13.8. The number of anilines is 1. The van der Waals surface area contributed by atoms with Crippen molar-refractivity contribution < 1.29 is 9.13 Å². The average Bonchev–Trinajstić information content (AvgIpc) is 2.84. The maximum absolute atomic E-state index is 13.8. The number of methoxy groups -OCH3 is 1. The van der Waals surface area contributed by atoms with Gasteiger partial charge in [0.1, 0.15) is 0 Å². The van der Waals surface area contributed by atoms with Crippen molar-refractivity contribution in [3.05, 3.63) is 36.4 Å². The van der Waals surface area contributed by atoms with Crippen molar-refractivity contribution >= 4 is 5.95 Å². The Morgan fingerprint density at radius 1 is 1.14 bits per heavy atom. The average molecular weight is 302 g/mol. The predicted molar refractivity (Wildman–Crippen MR) is 83.7 cm³/mol. The molecule has 3 rings (SSSR count). The van der Waals surface area contributed by atoms with E-state index >= 15 is 0 Å². The van der Waals surface area contributed by atoms with Gasteiger partial charge in [-0.3, -0.25) is 0 Å². The number of nitrogens with zero attached hydrogens (tertiary/aromatic N) is 3. The van der Waals surface area contributed by atoms with Crippen LogP contribution in [0.3, 0.4) is 0 Å². The summed E-state index contributed by atoms with van der Waals surface area (Å²) in [6.45, 7) is 3.81. The highest BCUT2D eigenvalue weighted by molar-refractivity contribution is 5.63. The molecule has 5 nitrogen and oxygen atoms in total. The van der Waals surface area contributed by atoms with E-state index in [9.17, 15) is 4.39 Å². The molecule has 1 aromatic heterocycles. The summed E-state index contributed by atoms with van der Waals surface area (Å²) in [5.41, 5.74) is 1.53. The van der Waals surface area contributed by atoms with Crippen LogP contribution in [0.2, 0.25) is 0 Å². The molecule has 2 heterocycles. The van der Waals surface area contributed by atoms with Crippen LogP contribution in [0, 0.1) is 5.82 Å². The first-order valence-electron chi connectivity index (χ1n) is 7.39. The van der Waals surface area contributed by atoms with Crippen LogP contribution >= 0.6 is 0 Å². The minimum Gasteiger partial charge on any atom is -0.494 e. The number of halogens is 1. The van der Waals surface area contributed by atoms with E-state index in [1.165, 1.54) is 13.2 Å². The smallest absolute Gasteiger partial charge is 0.225 e. The molecular weight excluding hydrogens is 283 g/mol. The zero-order chi connectivity index (χ0) is 15.4. The van der Waals surface area contributed by atoms with Crippen molar-refractivity contribution in [2.45, 2.75) is 6.42 Å². The predicted octanol–water partition coefficient (Wildman–Crippen LogP) is 2.09. The number of hydrogen-bond acceptors (Lipinski definition) is 5. The van der Waals surface area contributed by atoms with Crippen LogP contribution in [-0.2, 0) is 0 Å². The lowest BCUT2D eigenvalue weighted by atomic mass is 10.1. The highest BCUT2D eigenvalue weighted by Crippen LogP contribution is 2.25. The third-order valence-electron chi connectivity index (χ3n) is 3.75. The second kappa shape index (κ2) is 6.70. The molecular formula is C16H19FN4O. The first-order valence-corrected chi connectivity index (χ1v) is 7.39. The van der Waals surface area contributed by atoms with Crippen LogP contribution < -0.4 is 15.0 Å². The second-order valence-electron chi connectivity index (χ2n) is 5.21. The third-order valence-corrected chi connectivity index (χ3v) is 3.75. The standard InChI is InChI=1S/C16H19FN4O/c1-22-15-4-3-12(9-14(15)17)13-10-19-16(20-11-13)21-7-2-5-18-6-8-21/h3-4,9-11,18H,2,5-8H2,1H3. The Morgan fingerprint density at radius 3 is 2.68 bits per heavy atom. The van der Waals surface area contributed by atoms with Gasteiger partial charge in [-0.15, -0.1) is 0 Å². The summed E-state index contributed by atoms with van der Waals surface area (Å²) in [6, 6.07) is 4.85. The van der Waals surface area contributed by atoms with Crippen molar-refractivity contribution in [3.8, 4) is 16.9 Å². The molecule has 116 valence electrons. The van der Waals surface area contributed by atoms with Gasteiger partial charge < -0.3 is 15.0 Å². The molecule has 0 spiro atoms. The molecule has 1 fully saturated rings. The number of hydrogen-bond donors (Lipinski definition) is 1. The Labute approximate surface area is 129 Å². The molecule has 1 saturated heterocycles. The highest BCUT2D eigenvalue weighted by Gasteiger charge is 2.12. The van der Waals surface area contributed by atoms with Crippen molar-refractivity contribution in [2.75, 3.05) is 38.2 Å². The van der Waals surface area contributed by atoms with E-state index in [0.29, 0.717) is 0 Å². The lowest BCUT2D eigenvalue weighted by Crippen LogP contribution is -2.29. The van der Waals surface area contributed by atoms with Gasteiger partial charge in [0.15, 0.2) is 11.6 Å². The van der Waals surface area contributed by atoms with Crippen LogP contribution in [0.25, 0.3) is 11.1 Å². The van der Waals surface area contributed by atoms with E-state index < -0.39 is 0 Å². The molecule has 0 aliphatic carbocycles. The monoisotopic (exact) mass is 302 g/mol.